The van der Waals surface area contributed by atoms with Gasteiger partial charge in [-0.25, -0.2) is 9.59 Å². The predicted octanol–water partition coefficient (Wildman–Crippen LogP) is 5.07. The summed E-state index contributed by atoms with van der Waals surface area (Å²) in [5.74, 6) is -1.76. The normalized spacial score (nSPS) is 11.5. The van der Waals surface area contributed by atoms with E-state index in [-0.39, 0.29) is 46.5 Å². The Morgan fingerprint density at radius 1 is 1.09 bits per heavy atom. The number of carbonyl (C=O) groups is 4. The minimum Gasteiger partial charge on any atom is -0.462 e. The van der Waals surface area contributed by atoms with Crippen molar-refractivity contribution in [1.82, 2.24) is 20.1 Å². The van der Waals surface area contributed by atoms with Crippen LogP contribution < -0.4 is 10.6 Å². The van der Waals surface area contributed by atoms with Gasteiger partial charge in [0.25, 0.3) is 11.6 Å². The van der Waals surface area contributed by atoms with Gasteiger partial charge in [0.2, 0.25) is 5.91 Å². The molecule has 2 N–H and O–H groups in total. The van der Waals surface area contributed by atoms with Crippen molar-refractivity contribution in [3.05, 3.63) is 61.3 Å². The second-order valence-electron chi connectivity index (χ2n) is 9.80. The molecule has 0 aliphatic heterocycles. The molecule has 0 radical (unpaired) electrons. The van der Waals surface area contributed by atoms with Crippen LogP contribution in [0.25, 0.3) is 0 Å². The highest BCUT2D eigenvalue weighted by molar-refractivity contribution is 8.00. The highest BCUT2D eigenvalue weighted by atomic mass is 32.2. The number of amides is 2. The number of aryl methyl sites for hydroxylation is 1. The van der Waals surface area contributed by atoms with Crippen LogP contribution >= 0.6 is 23.1 Å². The number of nitro benzene ring substituents is 1. The molecule has 0 aliphatic rings. The summed E-state index contributed by atoms with van der Waals surface area (Å²) in [5.41, 5.74) is 0.895. The summed E-state index contributed by atoms with van der Waals surface area (Å²) in [6.45, 7) is 11.0. The van der Waals surface area contributed by atoms with Crippen LogP contribution in [0.3, 0.4) is 0 Å². The van der Waals surface area contributed by atoms with Gasteiger partial charge in [-0.1, -0.05) is 31.2 Å². The van der Waals surface area contributed by atoms with E-state index in [2.05, 4.69) is 20.8 Å². The van der Waals surface area contributed by atoms with Crippen LogP contribution in [-0.4, -0.2) is 61.9 Å². The smallest absolute Gasteiger partial charge is 0.348 e. The first-order valence-electron chi connectivity index (χ1n) is 14.3. The fourth-order valence-corrected chi connectivity index (χ4v) is 6.14. The molecule has 0 bridgehead atoms. The highest BCUT2D eigenvalue weighted by Crippen LogP contribution is 2.35. The molecule has 0 unspecified atom stereocenters. The van der Waals surface area contributed by atoms with Crippen LogP contribution in [0.5, 0.6) is 0 Å². The summed E-state index contributed by atoms with van der Waals surface area (Å²) >= 11 is 2.08. The zero-order valence-electron chi connectivity index (χ0n) is 25.9. The number of nitrogens with one attached hydrogen (secondary N) is 2. The fourth-order valence-electron chi connectivity index (χ4n) is 4.15. The molecular weight excluding hydrogens is 624 g/mol. The van der Waals surface area contributed by atoms with Crippen molar-refractivity contribution in [3.8, 4) is 0 Å². The number of rotatable bonds is 15. The Morgan fingerprint density at radius 3 is 2.42 bits per heavy atom. The third-order valence-corrected chi connectivity index (χ3v) is 8.85. The maximum atomic E-state index is 13.3. The van der Waals surface area contributed by atoms with Crippen molar-refractivity contribution in [1.29, 1.82) is 0 Å². The van der Waals surface area contributed by atoms with Gasteiger partial charge in [0.05, 0.1) is 35.5 Å². The first kappa shape index (κ1) is 35.2. The molecule has 2 heterocycles. The second kappa shape index (κ2) is 16.1. The van der Waals surface area contributed by atoms with Crippen LogP contribution in [0.1, 0.15) is 87.9 Å². The van der Waals surface area contributed by atoms with Gasteiger partial charge in [-0.15, -0.1) is 21.5 Å². The number of thioether (sulfide) groups is 1. The monoisotopic (exact) mass is 660 g/mol. The SMILES string of the molecule is CCCCn1c(CNC(=O)c2ccc(C)c([N+](=O)[O-])c2)nnc1S[C@H](C)C(=O)Nc1sc(C(=O)OCC)c(C)c1C(=O)OCC. The van der Waals surface area contributed by atoms with Crippen LogP contribution in [-0.2, 0) is 27.4 Å². The molecule has 0 saturated carbocycles. The quantitative estimate of drug-likeness (QED) is 0.0960. The van der Waals surface area contributed by atoms with Crippen molar-refractivity contribution in [2.24, 2.45) is 0 Å². The van der Waals surface area contributed by atoms with E-state index in [1.807, 2.05) is 11.5 Å². The van der Waals surface area contributed by atoms with Gasteiger partial charge in [-0.05, 0) is 52.7 Å². The van der Waals surface area contributed by atoms with E-state index in [0.29, 0.717) is 28.7 Å². The first-order chi connectivity index (χ1) is 21.4. The Balaban J connectivity index is 1.78. The number of aromatic nitrogens is 3. The van der Waals surface area contributed by atoms with Crippen molar-refractivity contribution < 1.29 is 33.6 Å². The van der Waals surface area contributed by atoms with Gasteiger partial charge in [0.1, 0.15) is 9.88 Å². The van der Waals surface area contributed by atoms with Gasteiger partial charge in [0, 0.05) is 23.7 Å². The molecule has 0 aliphatic carbocycles. The number of nitrogens with zero attached hydrogens (tertiary/aromatic N) is 4. The third kappa shape index (κ3) is 8.66. The molecule has 242 valence electrons. The topological polar surface area (TPSA) is 185 Å². The number of ether oxygens (including phenoxy) is 2. The van der Waals surface area contributed by atoms with Crippen LogP contribution in [0.15, 0.2) is 23.4 Å². The fraction of sp³-hybridized carbons (Fsp3) is 0.448. The van der Waals surface area contributed by atoms with Crippen LogP contribution in [0.4, 0.5) is 10.7 Å². The first-order valence-corrected chi connectivity index (χ1v) is 16.0. The van der Waals surface area contributed by atoms with Crippen molar-refractivity contribution in [2.45, 2.75) is 77.9 Å². The maximum absolute atomic E-state index is 13.3. The standard InChI is InChI=1S/C29H36N6O8S2/c1-7-10-13-34-21(15-30-25(37)19-12-11-16(4)20(14-19)35(40)41)32-33-29(34)44-18(6)24(36)31-26-22(27(38)42-8-2)17(5)23(45-26)28(39)43-9-3/h11-12,14,18H,7-10,13,15H2,1-6H3,(H,30,37)(H,31,36)/t18-/m1/s1. The maximum Gasteiger partial charge on any atom is 0.348 e. The number of benzene rings is 1. The summed E-state index contributed by atoms with van der Waals surface area (Å²) in [7, 11) is 0. The summed E-state index contributed by atoms with van der Waals surface area (Å²) in [5, 5.41) is 25.2. The number of anilines is 1. The zero-order valence-corrected chi connectivity index (χ0v) is 27.6. The molecule has 3 rings (SSSR count). The number of esters is 2. The van der Waals surface area contributed by atoms with E-state index in [9.17, 15) is 29.3 Å². The number of hydrogen-bond donors (Lipinski definition) is 2. The molecule has 0 fully saturated rings. The number of thiophene rings is 1. The van der Waals surface area contributed by atoms with E-state index >= 15 is 0 Å². The van der Waals surface area contributed by atoms with Crippen molar-refractivity contribution in [2.75, 3.05) is 18.5 Å². The summed E-state index contributed by atoms with van der Waals surface area (Å²) in [6.07, 6.45) is 1.65. The molecule has 3 aromatic rings. The van der Waals surface area contributed by atoms with Gasteiger partial charge in [-0.3, -0.25) is 19.7 Å². The van der Waals surface area contributed by atoms with Crippen molar-refractivity contribution >= 4 is 57.5 Å². The molecule has 0 spiro atoms. The lowest BCUT2D eigenvalue weighted by Crippen LogP contribution is -2.25. The van der Waals surface area contributed by atoms with Gasteiger partial charge in [-0.2, -0.15) is 0 Å². The molecule has 45 heavy (non-hydrogen) atoms. The van der Waals surface area contributed by atoms with Gasteiger partial charge in [0.15, 0.2) is 11.0 Å². The van der Waals surface area contributed by atoms with E-state index < -0.39 is 33.9 Å². The minimum absolute atomic E-state index is 0.00632. The Morgan fingerprint density at radius 2 is 1.78 bits per heavy atom. The lowest BCUT2D eigenvalue weighted by Gasteiger charge is -2.14. The van der Waals surface area contributed by atoms with E-state index in [1.54, 1.807) is 34.6 Å². The Hall–Kier alpha value is -4.31. The van der Waals surface area contributed by atoms with Crippen LogP contribution in [0.2, 0.25) is 0 Å². The van der Waals surface area contributed by atoms with E-state index in [0.717, 1.165) is 35.9 Å². The lowest BCUT2D eigenvalue weighted by atomic mass is 10.1. The zero-order chi connectivity index (χ0) is 33.3. The molecule has 0 saturated heterocycles. The molecule has 16 heteroatoms. The highest BCUT2D eigenvalue weighted by Gasteiger charge is 2.29. The minimum atomic E-state index is -0.700. The average molecular weight is 661 g/mol. The van der Waals surface area contributed by atoms with Crippen molar-refractivity contribution in [3.63, 3.8) is 0 Å². The molecule has 14 nitrogen and oxygen atoms in total. The molecule has 1 aromatic carbocycles. The molecule has 1 atom stereocenters. The predicted molar refractivity (Wildman–Crippen MR) is 169 cm³/mol. The summed E-state index contributed by atoms with van der Waals surface area (Å²) in [6, 6.07) is 4.26. The third-order valence-electron chi connectivity index (χ3n) is 6.58. The molecular formula is C29H36N6O8S2. The Labute approximate surface area is 268 Å². The Kier molecular flexibility index (Phi) is 12.6. The number of hydrogen-bond acceptors (Lipinski definition) is 12. The molecule has 2 amide bonds. The second-order valence-corrected chi connectivity index (χ2v) is 12.1. The van der Waals surface area contributed by atoms with Gasteiger partial charge < -0.3 is 24.7 Å². The largest absolute Gasteiger partial charge is 0.462 e. The summed E-state index contributed by atoms with van der Waals surface area (Å²) in [4.78, 5) is 62.2. The van der Waals surface area contributed by atoms with E-state index in [4.69, 9.17) is 9.47 Å². The average Bonchev–Trinajstić information content (AvgIpc) is 3.53. The van der Waals surface area contributed by atoms with Crippen LogP contribution in [0, 0.1) is 24.0 Å². The number of nitro groups is 1. The Bertz CT molecular complexity index is 1580. The number of unbranched alkanes of at least 4 members (excludes halogenated alkanes) is 1. The molecule has 2 aromatic heterocycles. The number of carbonyl (C=O) groups excluding carboxylic acids is 4. The lowest BCUT2D eigenvalue weighted by molar-refractivity contribution is -0.385. The summed E-state index contributed by atoms with van der Waals surface area (Å²) < 4.78 is 12.1. The van der Waals surface area contributed by atoms with E-state index in [1.165, 1.54) is 18.2 Å². The van der Waals surface area contributed by atoms with Gasteiger partial charge >= 0.3 is 11.9 Å².